The quantitative estimate of drug-likeness (QED) is 0.261. The molecule has 0 fully saturated rings. The molecule has 0 spiro atoms. The van der Waals surface area contributed by atoms with Gasteiger partial charge in [-0.3, -0.25) is 9.40 Å². The van der Waals surface area contributed by atoms with E-state index < -0.39 is 22.2 Å². The molecule has 192 valence electrons. The van der Waals surface area contributed by atoms with Gasteiger partial charge in [-0.05, 0) is 40.8 Å². The van der Waals surface area contributed by atoms with Crippen molar-refractivity contribution < 1.29 is 18.3 Å². The van der Waals surface area contributed by atoms with E-state index >= 15 is 0 Å². The molecule has 4 aromatic rings. The molecule has 0 aliphatic heterocycles. The van der Waals surface area contributed by atoms with Gasteiger partial charge >= 0.3 is 6.09 Å². The van der Waals surface area contributed by atoms with Gasteiger partial charge in [-0.25, -0.2) is 13.2 Å². The molecule has 0 saturated heterocycles. The first-order valence-corrected chi connectivity index (χ1v) is 13.8. The van der Waals surface area contributed by atoms with E-state index in [1.165, 1.54) is 12.1 Å². The highest BCUT2D eigenvalue weighted by molar-refractivity contribution is 7.94. The van der Waals surface area contributed by atoms with Crippen molar-refractivity contribution in [1.29, 1.82) is 5.26 Å². The number of halogens is 1. The topological polar surface area (TPSA) is 137 Å². The first-order valence-electron chi connectivity index (χ1n) is 11.1. The predicted molar refractivity (Wildman–Crippen MR) is 143 cm³/mol. The lowest BCUT2D eigenvalue weighted by molar-refractivity contribution is 0.175. The number of benzene rings is 2. The third-order valence-electron chi connectivity index (χ3n) is 5.69. The number of nitrogens with zero attached hydrogens (tertiary/aromatic N) is 3. The summed E-state index contributed by atoms with van der Waals surface area (Å²) in [6.45, 7) is 6.10. The molecule has 1 amide bonds. The lowest BCUT2D eigenvalue weighted by Crippen LogP contribution is -2.35. The number of hydrogen-bond acceptors (Lipinski definition) is 6. The van der Waals surface area contributed by atoms with Gasteiger partial charge in [0.1, 0.15) is 4.21 Å². The van der Waals surface area contributed by atoms with Crippen molar-refractivity contribution in [2.75, 3.05) is 4.72 Å². The van der Waals surface area contributed by atoms with Crippen molar-refractivity contribution in [2.45, 2.75) is 37.6 Å². The molecular weight excluding hydrogens is 534 g/mol. The minimum absolute atomic E-state index is 0.0292. The van der Waals surface area contributed by atoms with Crippen molar-refractivity contribution in [2.24, 2.45) is 5.41 Å². The summed E-state index contributed by atoms with van der Waals surface area (Å²) in [5.41, 5.74) is 2.08. The fourth-order valence-corrected chi connectivity index (χ4v) is 6.59. The van der Waals surface area contributed by atoms with E-state index in [0.29, 0.717) is 15.2 Å². The summed E-state index contributed by atoms with van der Waals surface area (Å²) in [7, 11) is -3.98. The molecule has 9 nitrogen and oxygen atoms in total. The average molecular weight is 558 g/mol. The van der Waals surface area contributed by atoms with Crippen LogP contribution in [-0.2, 0) is 16.6 Å². The standard InChI is InChI=1S/C25H24ClN5O4S2/c1-25(2,3)22(28-24(32)33)16-7-4-6-15(12-16)14-31-18-9-5-8-17(13-27)21(18)23(29-31)30-37(34,35)20-11-10-19(26)36-20/h4-12,22,28H,14H2,1-3H3,(H,29,30)(H,32,33). The van der Waals surface area contributed by atoms with Crippen LogP contribution in [-0.4, -0.2) is 29.4 Å². The summed E-state index contributed by atoms with van der Waals surface area (Å²) in [5.74, 6) is 0.0351. The number of rotatable bonds is 7. The second-order valence-corrected chi connectivity index (χ2v) is 13.1. The number of sulfonamides is 1. The van der Waals surface area contributed by atoms with Crippen molar-refractivity contribution in [3.05, 3.63) is 75.6 Å². The molecule has 0 bridgehead atoms. The third kappa shape index (κ3) is 5.72. The van der Waals surface area contributed by atoms with Gasteiger partial charge in [0.2, 0.25) is 0 Å². The van der Waals surface area contributed by atoms with Crippen molar-refractivity contribution in [1.82, 2.24) is 15.1 Å². The summed E-state index contributed by atoms with van der Waals surface area (Å²) in [6, 6.07) is 17.1. The Hall–Kier alpha value is -3.59. The molecule has 2 heterocycles. The molecule has 3 N–H and O–H groups in total. The zero-order valence-corrected chi connectivity index (χ0v) is 22.6. The second kappa shape index (κ2) is 10.0. The van der Waals surface area contributed by atoms with Crippen LogP contribution in [0.1, 0.15) is 43.5 Å². The molecule has 2 aromatic heterocycles. The van der Waals surface area contributed by atoms with Crippen molar-refractivity contribution in [3.8, 4) is 6.07 Å². The number of nitrogens with one attached hydrogen (secondary N) is 2. The Bertz CT molecular complexity index is 1630. The van der Waals surface area contributed by atoms with E-state index in [9.17, 15) is 23.6 Å². The second-order valence-electron chi connectivity index (χ2n) is 9.48. The van der Waals surface area contributed by atoms with Gasteiger partial charge in [0, 0.05) is 0 Å². The predicted octanol–water partition coefficient (Wildman–Crippen LogP) is 5.83. The number of nitriles is 1. The van der Waals surface area contributed by atoms with Crippen LogP contribution >= 0.6 is 22.9 Å². The maximum Gasteiger partial charge on any atom is 0.405 e. The summed E-state index contributed by atoms with van der Waals surface area (Å²) in [5, 5.41) is 26.5. The molecule has 0 radical (unpaired) electrons. The Kier molecular flexibility index (Phi) is 7.19. The molecule has 0 saturated carbocycles. The largest absolute Gasteiger partial charge is 0.465 e. The Balaban J connectivity index is 1.76. The normalized spacial score (nSPS) is 12.7. The van der Waals surface area contributed by atoms with Gasteiger partial charge in [-0.2, -0.15) is 10.4 Å². The minimum atomic E-state index is -3.98. The zero-order chi connectivity index (χ0) is 27.0. The van der Waals surface area contributed by atoms with Gasteiger partial charge in [-0.15, -0.1) is 11.3 Å². The molecule has 4 rings (SSSR count). The number of aromatic nitrogens is 2. The lowest BCUT2D eigenvalue weighted by atomic mass is 9.82. The van der Waals surface area contributed by atoms with Gasteiger partial charge in [0.05, 0.1) is 39.5 Å². The van der Waals surface area contributed by atoms with Gasteiger partial charge in [-0.1, -0.05) is 62.7 Å². The molecule has 1 atom stereocenters. The number of carbonyl (C=O) groups is 1. The van der Waals surface area contributed by atoms with Crippen LogP contribution < -0.4 is 10.0 Å². The Morgan fingerprint density at radius 3 is 2.57 bits per heavy atom. The number of carboxylic acid groups (broad SMARTS) is 1. The fraction of sp³-hybridized carbons (Fsp3) is 0.240. The maximum absolute atomic E-state index is 13.0. The lowest BCUT2D eigenvalue weighted by Gasteiger charge is -2.31. The molecule has 37 heavy (non-hydrogen) atoms. The number of fused-ring (bicyclic) bond motifs is 1. The first kappa shape index (κ1) is 26.5. The van der Waals surface area contributed by atoms with Gasteiger partial charge < -0.3 is 10.4 Å². The van der Waals surface area contributed by atoms with Crippen LogP contribution in [0.2, 0.25) is 4.34 Å². The summed E-state index contributed by atoms with van der Waals surface area (Å²) >= 11 is 6.84. The van der Waals surface area contributed by atoms with Crippen LogP contribution in [0.3, 0.4) is 0 Å². The van der Waals surface area contributed by atoms with Crippen LogP contribution in [0.5, 0.6) is 0 Å². The van der Waals surface area contributed by atoms with Gasteiger partial charge in [0.15, 0.2) is 5.82 Å². The Morgan fingerprint density at radius 2 is 1.95 bits per heavy atom. The average Bonchev–Trinajstić information content (AvgIpc) is 3.41. The maximum atomic E-state index is 13.0. The first-order chi connectivity index (χ1) is 17.4. The van der Waals surface area contributed by atoms with Gasteiger partial charge in [0.25, 0.3) is 10.0 Å². The number of thiophene rings is 1. The number of anilines is 1. The van der Waals surface area contributed by atoms with E-state index in [-0.39, 0.29) is 27.6 Å². The van der Waals surface area contributed by atoms with Crippen LogP contribution in [0, 0.1) is 16.7 Å². The van der Waals surface area contributed by atoms with Crippen LogP contribution in [0.25, 0.3) is 10.9 Å². The van der Waals surface area contributed by atoms with Crippen LogP contribution in [0.15, 0.2) is 58.8 Å². The molecule has 2 aromatic carbocycles. The monoisotopic (exact) mass is 557 g/mol. The van der Waals surface area contributed by atoms with Crippen molar-refractivity contribution in [3.63, 3.8) is 0 Å². The summed E-state index contributed by atoms with van der Waals surface area (Å²) < 4.78 is 30.4. The van der Waals surface area contributed by atoms with Crippen LogP contribution in [0.4, 0.5) is 10.6 Å². The molecule has 12 heteroatoms. The smallest absolute Gasteiger partial charge is 0.405 e. The fourth-order valence-electron chi connectivity index (χ4n) is 4.10. The van der Waals surface area contributed by atoms with E-state index in [2.05, 4.69) is 21.2 Å². The Labute approximate surface area is 223 Å². The molecule has 0 aliphatic rings. The van der Waals surface area contributed by atoms with E-state index in [4.69, 9.17) is 11.6 Å². The number of amides is 1. The summed E-state index contributed by atoms with van der Waals surface area (Å²) in [4.78, 5) is 11.4. The molecular formula is C25H24ClN5O4S2. The van der Waals surface area contributed by atoms with Crippen molar-refractivity contribution >= 4 is 55.8 Å². The highest BCUT2D eigenvalue weighted by Crippen LogP contribution is 2.34. The minimum Gasteiger partial charge on any atom is -0.465 e. The zero-order valence-electron chi connectivity index (χ0n) is 20.2. The Morgan fingerprint density at radius 1 is 1.22 bits per heavy atom. The highest BCUT2D eigenvalue weighted by Gasteiger charge is 2.28. The highest BCUT2D eigenvalue weighted by atomic mass is 35.5. The van der Waals surface area contributed by atoms with E-state index in [1.54, 1.807) is 22.9 Å². The van der Waals surface area contributed by atoms with E-state index in [1.807, 2.05) is 45.0 Å². The number of hydrogen-bond donors (Lipinski definition) is 3. The SMILES string of the molecule is CC(C)(C)C(NC(=O)O)c1cccc(Cn2nc(NS(=O)(=O)c3ccc(Cl)s3)c3c(C#N)cccc32)c1. The molecule has 1 unspecified atom stereocenters. The van der Waals surface area contributed by atoms with E-state index in [0.717, 1.165) is 22.5 Å². The molecule has 0 aliphatic carbocycles. The summed E-state index contributed by atoms with van der Waals surface area (Å²) in [6.07, 6.45) is -1.11. The third-order valence-corrected chi connectivity index (χ3v) is 8.76.